The molecule has 2 rings (SSSR count). The van der Waals surface area contributed by atoms with Crippen molar-refractivity contribution in [2.45, 2.75) is 20.0 Å². The first-order valence-electron chi connectivity index (χ1n) is 7.40. The summed E-state index contributed by atoms with van der Waals surface area (Å²) in [6.45, 7) is 3.59. The molecule has 0 aromatic heterocycles. The molecular weight excluding hydrogens is 330 g/mol. The number of amides is 1. The molecule has 0 aliphatic carbocycles. The summed E-state index contributed by atoms with van der Waals surface area (Å²) in [7, 11) is 3.09. The molecule has 6 heteroatoms. The Hall–Kier alpha value is -2.40. The lowest BCUT2D eigenvalue weighted by Gasteiger charge is -2.17. The Labute approximate surface area is 146 Å². The van der Waals surface area contributed by atoms with E-state index in [1.54, 1.807) is 44.4 Å². The van der Waals surface area contributed by atoms with Crippen molar-refractivity contribution >= 4 is 23.2 Å². The monoisotopic (exact) mass is 349 g/mol. The highest BCUT2D eigenvalue weighted by molar-refractivity contribution is 6.32. The number of rotatable bonds is 6. The highest BCUT2D eigenvalue weighted by Gasteiger charge is 2.17. The number of nitrogens with one attached hydrogen (secondary N) is 1. The summed E-state index contributed by atoms with van der Waals surface area (Å²) >= 11 is 6.09. The van der Waals surface area contributed by atoms with E-state index in [1.165, 1.54) is 7.11 Å². The molecular formula is C18H20ClNO4. The highest BCUT2D eigenvalue weighted by atomic mass is 35.5. The van der Waals surface area contributed by atoms with Crippen LogP contribution >= 0.6 is 11.6 Å². The molecule has 24 heavy (non-hydrogen) atoms. The number of ether oxygens (including phenoxy) is 3. The van der Waals surface area contributed by atoms with Crippen LogP contribution in [0.4, 0.5) is 5.69 Å². The third-order valence-electron chi connectivity index (χ3n) is 3.41. The van der Waals surface area contributed by atoms with Crippen LogP contribution in [0.5, 0.6) is 17.2 Å². The maximum atomic E-state index is 12.3. The third kappa shape index (κ3) is 4.32. The van der Waals surface area contributed by atoms with Gasteiger partial charge in [0.05, 0.1) is 19.2 Å². The summed E-state index contributed by atoms with van der Waals surface area (Å²) in [5, 5.41) is 3.24. The summed E-state index contributed by atoms with van der Waals surface area (Å²) in [5.41, 5.74) is 1.59. The van der Waals surface area contributed by atoms with Crippen LogP contribution in [-0.4, -0.2) is 26.2 Å². The molecule has 0 radical (unpaired) electrons. The Morgan fingerprint density at radius 2 is 1.75 bits per heavy atom. The largest absolute Gasteiger partial charge is 0.493 e. The molecule has 128 valence electrons. The van der Waals surface area contributed by atoms with Gasteiger partial charge >= 0.3 is 0 Å². The van der Waals surface area contributed by atoms with E-state index < -0.39 is 6.10 Å². The zero-order valence-electron chi connectivity index (χ0n) is 14.1. The summed E-state index contributed by atoms with van der Waals surface area (Å²) in [6.07, 6.45) is -0.711. The fraction of sp³-hybridized carbons (Fsp3) is 0.278. The van der Waals surface area contributed by atoms with Crippen molar-refractivity contribution in [1.82, 2.24) is 0 Å². The lowest BCUT2D eigenvalue weighted by Crippen LogP contribution is -2.30. The van der Waals surface area contributed by atoms with Gasteiger partial charge < -0.3 is 19.5 Å². The van der Waals surface area contributed by atoms with Crippen LogP contribution in [0.25, 0.3) is 0 Å². The van der Waals surface area contributed by atoms with Crippen LogP contribution in [0.1, 0.15) is 12.5 Å². The average Bonchev–Trinajstić information content (AvgIpc) is 2.57. The predicted molar refractivity (Wildman–Crippen MR) is 94.5 cm³/mol. The third-order valence-corrected chi connectivity index (χ3v) is 3.72. The molecule has 2 aromatic carbocycles. The number of carbonyl (C=O) groups excluding carboxylic acids is 1. The first kappa shape index (κ1) is 17.9. The van der Waals surface area contributed by atoms with Gasteiger partial charge in [0, 0.05) is 11.8 Å². The fourth-order valence-electron chi connectivity index (χ4n) is 2.10. The van der Waals surface area contributed by atoms with Gasteiger partial charge in [-0.1, -0.05) is 17.7 Å². The average molecular weight is 350 g/mol. The Morgan fingerprint density at radius 3 is 2.42 bits per heavy atom. The first-order chi connectivity index (χ1) is 11.4. The van der Waals surface area contributed by atoms with E-state index in [-0.39, 0.29) is 5.91 Å². The second-order valence-electron chi connectivity index (χ2n) is 5.25. The number of halogens is 1. The smallest absolute Gasteiger partial charge is 0.265 e. The van der Waals surface area contributed by atoms with Crippen LogP contribution in [0.3, 0.4) is 0 Å². The van der Waals surface area contributed by atoms with E-state index in [9.17, 15) is 4.79 Å². The Bertz CT molecular complexity index is 733. The summed E-state index contributed by atoms with van der Waals surface area (Å²) in [4.78, 5) is 12.3. The van der Waals surface area contributed by atoms with Crippen molar-refractivity contribution in [3.05, 3.63) is 47.0 Å². The molecule has 0 aliphatic rings. The molecule has 2 aromatic rings. The highest BCUT2D eigenvalue weighted by Crippen LogP contribution is 2.30. The molecule has 0 heterocycles. The number of hydrogen-bond donors (Lipinski definition) is 1. The van der Waals surface area contributed by atoms with Gasteiger partial charge in [-0.05, 0) is 43.7 Å². The molecule has 0 saturated heterocycles. The number of hydrogen-bond acceptors (Lipinski definition) is 4. The van der Waals surface area contributed by atoms with E-state index in [1.807, 2.05) is 13.0 Å². The minimum Gasteiger partial charge on any atom is -0.493 e. The molecule has 1 unspecified atom stereocenters. The lowest BCUT2D eigenvalue weighted by molar-refractivity contribution is -0.122. The van der Waals surface area contributed by atoms with Crippen molar-refractivity contribution in [3.63, 3.8) is 0 Å². The molecule has 0 fully saturated rings. The van der Waals surface area contributed by atoms with Crippen LogP contribution in [0, 0.1) is 6.92 Å². The second kappa shape index (κ2) is 7.93. The van der Waals surface area contributed by atoms with E-state index >= 15 is 0 Å². The minimum absolute atomic E-state index is 0.292. The minimum atomic E-state index is -0.711. The maximum absolute atomic E-state index is 12.3. The maximum Gasteiger partial charge on any atom is 0.265 e. The van der Waals surface area contributed by atoms with Gasteiger partial charge in [0.25, 0.3) is 5.91 Å². The van der Waals surface area contributed by atoms with Crippen LogP contribution in [-0.2, 0) is 4.79 Å². The first-order valence-corrected chi connectivity index (χ1v) is 7.78. The molecule has 0 bridgehead atoms. The standard InChI is InChI=1S/C18H20ClNO4/c1-11-5-7-14(19)16(9-11)24-12(2)18(21)20-13-6-8-15(22-3)17(10-13)23-4/h5-10,12H,1-4H3,(H,20,21). The number of anilines is 1. The summed E-state index contributed by atoms with van der Waals surface area (Å²) < 4.78 is 16.0. The zero-order chi connectivity index (χ0) is 17.7. The lowest BCUT2D eigenvalue weighted by atomic mass is 10.2. The number of carbonyl (C=O) groups is 1. The Morgan fingerprint density at radius 1 is 1.04 bits per heavy atom. The van der Waals surface area contributed by atoms with Crippen molar-refractivity contribution in [1.29, 1.82) is 0 Å². The van der Waals surface area contributed by atoms with E-state index in [4.69, 9.17) is 25.8 Å². The normalized spacial score (nSPS) is 11.5. The SMILES string of the molecule is COc1ccc(NC(=O)C(C)Oc2cc(C)ccc2Cl)cc1OC. The van der Waals surface area contributed by atoms with Gasteiger partial charge in [-0.2, -0.15) is 0 Å². The van der Waals surface area contributed by atoms with E-state index in [0.717, 1.165) is 5.56 Å². The van der Waals surface area contributed by atoms with Crippen LogP contribution < -0.4 is 19.5 Å². The quantitative estimate of drug-likeness (QED) is 0.854. The molecule has 0 saturated carbocycles. The fourth-order valence-corrected chi connectivity index (χ4v) is 2.26. The van der Waals surface area contributed by atoms with Crippen molar-refractivity contribution < 1.29 is 19.0 Å². The molecule has 1 amide bonds. The summed E-state index contributed by atoms with van der Waals surface area (Å²) in [5.74, 6) is 1.31. The topological polar surface area (TPSA) is 56.8 Å². The second-order valence-corrected chi connectivity index (χ2v) is 5.66. The van der Waals surface area contributed by atoms with E-state index in [2.05, 4.69) is 5.32 Å². The van der Waals surface area contributed by atoms with Gasteiger partial charge in [-0.25, -0.2) is 0 Å². The van der Waals surface area contributed by atoms with E-state index in [0.29, 0.717) is 28.0 Å². The van der Waals surface area contributed by atoms with Gasteiger partial charge in [-0.3, -0.25) is 4.79 Å². The van der Waals surface area contributed by atoms with Crippen molar-refractivity contribution in [2.75, 3.05) is 19.5 Å². The predicted octanol–water partition coefficient (Wildman–Crippen LogP) is 4.07. The number of methoxy groups -OCH3 is 2. The Balaban J connectivity index is 2.07. The molecule has 5 nitrogen and oxygen atoms in total. The van der Waals surface area contributed by atoms with Gasteiger partial charge in [0.15, 0.2) is 17.6 Å². The van der Waals surface area contributed by atoms with Crippen molar-refractivity contribution in [3.8, 4) is 17.2 Å². The summed E-state index contributed by atoms with van der Waals surface area (Å²) in [6, 6.07) is 10.5. The van der Waals surface area contributed by atoms with Gasteiger partial charge in [-0.15, -0.1) is 0 Å². The van der Waals surface area contributed by atoms with Crippen LogP contribution in [0.15, 0.2) is 36.4 Å². The zero-order valence-corrected chi connectivity index (χ0v) is 14.8. The van der Waals surface area contributed by atoms with Gasteiger partial charge in [0.1, 0.15) is 5.75 Å². The van der Waals surface area contributed by atoms with Crippen LogP contribution in [0.2, 0.25) is 5.02 Å². The molecule has 0 spiro atoms. The molecule has 0 aliphatic heterocycles. The number of benzene rings is 2. The van der Waals surface area contributed by atoms with Gasteiger partial charge in [0.2, 0.25) is 0 Å². The Kier molecular flexibility index (Phi) is 5.93. The molecule has 1 atom stereocenters. The molecule has 1 N–H and O–H groups in total. The number of aryl methyl sites for hydroxylation is 1. The van der Waals surface area contributed by atoms with Crippen molar-refractivity contribution in [2.24, 2.45) is 0 Å².